The molecular formula is C36H23N3O. The topological polar surface area (TPSA) is 43.9 Å². The van der Waals surface area contributed by atoms with E-state index in [4.69, 9.17) is 4.52 Å². The Morgan fingerprint density at radius 2 is 1.20 bits per heavy atom. The Hall–Kier alpha value is -5.48. The van der Waals surface area contributed by atoms with Crippen LogP contribution < -0.4 is 0 Å². The molecule has 0 aliphatic carbocycles. The van der Waals surface area contributed by atoms with E-state index in [1.54, 1.807) is 0 Å². The molecule has 0 atom stereocenters. The van der Waals surface area contributed by atoms with Crippen LogP contribution in [0.1, 0.15) is 0 Å². The van der Waals surface area contributed by atoms with Crippen LogP contribution in [0.3, 0.4) is 0 Å². The van der Waals surface area contributed by atoms with E-state index < -0.39 is 0 Å². The smallest absolute Gasteiger partial charge is 0.258 e. The highest BCUT2D eigenvalue weighted by Crippen LogP contribution is 2.37. The lowest BCUT2D eigenvalue weighted by molar-refractivity contribution is 0.432. The summed E-state index contributed by atoms with van der Waals surface area (Å²) in [5, 5.41) is 9.15. The molecule has 0 aliphatic rings. The first kappa shape index (κ1) is 22.5. The lowest BCUT2D eigenvalue weighted by atomic mass is 9.97. The fourth-order valence-corrected chi connectivity index (χ4v) is 5.69. The van der Waals surface area contributed by atoms with Crippen LogP contribution in [-0.4, -0.2) is 14.7 Å². The summed E-state index contributed by atoms with van der Waals surface area (Å²) in [5.41, 5.74) is 7.70. The highest BCUT2D eigenvalue weighted by Gasteiger charge is 2.15. The van der Waals surface area contributed by atoms with Crippen molar-refractivity contribution >= 4 is 32.6 Å². The number of rotatable bonds is 4. The predicted molar refractivity (Wildman–Crippen MR) is 162 cm³/mol. The van der Waals surface area contributed by atoms with Gasteiger partial charge in [-0.15, -0.1) is 0 Å². The van der Waals surface area contributed by atoms with E-state index >= 15 is 0 Å². The Bertz CT molecular complexity index is 2150. The molecule has 6 aromatic carbocycles. The first-order valence-electron chi connectivity index (χ1n) is 13.3. The van der Waals surface area contributed by atoms with Crippen LogP contribution in [0.5, 0.6) is 0 Å². The Morgan fingerprint density at radius 3 is 2.08 bits per heavy atom. The third kappa shape index (κ3) is 3.62. The summed E-state index contributed by atoms with van der Waals surface area (Å²) in [4.78, 5) is 4.62. The number of fused-ring (bicyclic) bond motifs is 4. The molecule has 2 aromatic heterocycles. The van der Waals surface area contributed by atoms with Gasteiger partial charge in [-0.05, 0) is 64.4 Å². The Kier molecular flexibility index (Phi) is 5.10. The zero-order valence-corrected chi connectivity index (χ0v) is 21.5. The molecule has 0 bridgehead atoms. The summed E-state index contributed by atoms with van der Waals surface area (Å²) >= 11 is 0. The van der Waals surface area contributed by atoms with Crippen LogP contribution >= 0.6 is 0 Å². The van der Waals surface area contributed by atoms with E-state index in [9.17, 15) is 0 Å². The summed E-state index contributed by atoms with van der Waals surface area (Å²) in [7, 11) is 0. The normalized spacial score (nSPS) is 11.5. The largest absolute Gasteiger partial charge is 0.334 e. The Balaban J connectivity index is 1.23. The van der Waals surface area contributed by atoms with E-state index in [-0.39, 0.29) is 0 Å². The number of hydrogen-bond acceptors (Lipinski definition) is 3. The first-order chi connectivity index (χ1) is 19.8. The molecule has 0 saturated carbocycles. The van der Waals surface area contributed by atoms with Crippen molar-refractivity contribution in [3.8, 4) is 39.7 Å². The summed E-state index contributed by atoms with van der Waals surface area (Å²) in [6.45, 7) is 0. The van der Waals surface area contributed by atoms with Gasteiger partial charge in [-0.2, -0.15) is 4.98 Å². The Morgan fingerprint density at radius 1 is 0.500 bits per heavy atom. The van der Waals surface area contributed by atoms with E-state index in [2.05, 4.69) is 112 Å². The van der Waals surface area contributed by atoms with Gasteiger partial charge in [0, 0.05) is 27.6 Å². The third-order valence-electron chi connectivity index (χ3n) is 7.60. The minimum absolute atomic E-state index is 0.507. The molecule has 40 heavy (non-hydrogen) atoms. The number of hydrogen-bond donors (Lipinski definition) is 0. The number of aromatic nitrogens is 3. The molecule has 0 fully saturated rings. The van der Waals surface area contributed by atoms with E-state index in [0.717, 1.165) is 16.8 Å². The van der Waals surface area contributed by atoms with Gasteiger partial charge in [0.15, 0.2) is 0 Å². The van der Waals surface area contributed by atoms with Gasteiger partial charge in [0.2, 0.25) is 5.82 Å². The minimum atomic E-state index is 0.507. The van der Waals surface area contributed by atoms with Crippen LogP contribution in [-0.2, 0) is 0 Å². The van der Waals surface area contributed by atoms with Crippen molar-refractivity contribution in [3.05, 3.63) is 140 Å². The second-order valence-electron chi connectivity index (χ2n) is 9.95. The standard InChI is InChI=1S/C36H23N3O/c1-2-10-25(11-3-1)35-37-36(40-38-35)26-17-20-28(21-18-26)39-33-16-7-6-14-31(33)32-23-27(19-22-34(32)39)30-15-8-12-24-9-4-5-13-29(24)30/h1-23H. The molecular weight excluding hydrogens is 490 g/mol. The molecule has 0 N–H and O–H groups in total. The summed E-state index contributed by atoms with van der Waals surface area (Å²) in [6, 6.07) is 48.7. The maximum absolute atomic E-state index is 5.59. The average molecular weight is 514 g/mol. The number of benzene rings is 6. The molecule has 8 rings (SSSR count). The molecule has 8 aromatic rings. The molecule has 0 amide bonds. The molecule has 0 saturated heterocycles. The van der Waals surface area contributed by atoms with Crippen molar-refractivity contribution in [3.63, 3.8) is 0 Å². The molecule has 0 aliphatic heterocycles. The van der Waals surface area contributed by atoms with Gasteiger partial charge in [-0.25, -0.2) is 0 Å². The van der Waals surface area contributed by atoms with Crippen molar-refractivity contribution in [1.82, 2.24) is 14.7 Å². The average Bonchev–Trinajstić information content (AvgIpc) is 3.65. The highest BCUT2D eigenvalue weighted by molar-refractivity contribution is 6.11. The lowest BCUT2D eigenvalue weighted by Crippen LogP contribution is -1.93. The van der Waals surface area contributed by atoms with Crippen LogP contribution in [0, 0.1) is 0 Å². The number of para-hydroxylation sites is 1. The molecule has 2 heterocycles. The molecule has 0 radical (unpaired) electrons. The summed E-state index contributed by atoms with van der Waals surface area (Å²) < 4.78 is 7.92. The predicted octanol–water partition coefficient (Wildman–Crippen LogP) is 9.32. The maximum Gasteiger partial charge on any atom is 0.258 e. The highest BCUT2D eigenvalue weighted by atomic mass is 16.5. The van der Waals surface area contributed by atoms with Crippen molar-refractivity contribution < 1.29 is 4.52 Å². The second-order valence-corrected chi connectivity index (χ2v) is 9.95. The van der Waals surface area contributed by atoms with Gasteiger partial charge < -0.3 is 9.09 Å². The summed E-state index contributed by atoms with van der Waals surface area (Å²) in [6.07, 6.45) is 0. The minimum Gasteiger partial charge on any atom is -0.334 e. The van der Waals surface area contributed by atoms with Crippen molar-refractivity contribution in [1.29, 1.82) is 0 Å². The zero-order valence-electron chi connectivity index (χ0n) is 21.5. The number of nitrogens with zero attached hydrogens (tertiary/aromatic N) is 3. The molecule has 4 nitrogen and oxygen atoms in total. The molecule has 0 spiro atoms. The fourth-order valence-electron chi connectivity index (χ4n) is 5.69. The maximum atomic E-state index is 5.59. The molecule has 0 unspecified atom stereocenters. The van der Waals surface area contributed by atoms with E-state index in [0.29, 0.717) is 11.7 Å². The first-order valence-corrected chi connectivity index (χ1v) is 13.3. The second kappa shape index (κ2) is 9.07. The molecule has 188 valence electrons. The SMILES string of the molecule is c1ccc(-c2noc(-c3ccc(-n4c5ccccc5c5cc(-c6cccc7ccccc67)ccc54)cc3)n2)cc1. The zero-order chi connectivity index (χ0) is 26.5. The summed E-state index contributed by atoms with van der Waals surface area (Å²) in [5.74, 6) is 1.09. The molecule has 4 heteroatoms. The van der Waals surface area contributed by atoms with E-state index in [1.807, 2.05) is 42.5 Å². The van der Waals surface area contributed by atoms with Gasteiger partial charge in [0.1, 0.15) is 0 Å². The van der Waals surface area contributed by atoms with Gasteiger partial charge >= 0.3 is 0 Å². The van der Waals surface area contributed by atoms with Crippen LogP contribution in [0.2, 0.25) is 0 Å². The van der Waals surface area contributed by atoms with Crippen LogP contribution in [0.25, 0.3) is 72.2 Å². The van der Waals surface area contributed by atoms with Crippen LogP contribution in [0.4, 0.5) is 0 Å². The Labute approximate surface area is 230 Å². The lowest BCUT2D eigenvalue weighted by Gasteiger charge is -2.10. The van der Waals surface area contributed by atoms with Crippen LogP contribution in [0.15, 0.2) is 144 Å². The van der Waals surface area contributed by atoms with Crippen molar-refractivity contribution in [2.45, 2.75) is 0 Å². The van der Waals surface area contributed by atoms with Gasteiger partial charge in [0.25, 0.3) is 5.89 Å². The van der Waals surface area contributed by atoms with E-state index in [1.165, 1.54) is 43.7 Å². The van der Waals surface area contributed by atoms with Crippen molar-refractivity contribution in [2.75, 3.05) is 0 Å². The van der Waals surface area contributed by atoms with Crippen molar-refractivity contribution in [2.24, 2.45) is 0 Å². The quantitative estimate of drug-likeness (QED) is 0.235. The third-order valence-corrected chi connectivity index (χ3v) is 7.60. The van der Waals surface area contributed by atoms with Gasteiger partial charge in [0.05, 0.1) is 11.0 Å². The monoisotopic (exact) mass is 513 g/mol. The van der Waals surface area contributed by atoms with Gasteiger partial charge in [-0.1, -0.05) is 102 Å². The van der Waals surface area contributed by atoms with Gasteiger partial charge in [-0.3, -0.25) is 0 Å². The fraction of sp³-hybridized carbons (Fsp3) is 0.